The highest BCUT2D eigenvalue weighted by atomic mass is 16.4. The molecule has 0 amide bonds. The van der Waals surface area contributed by atoms with Crippen molar-refractivity contribution in [3.8, 4) is 0 Å². The highest BCUT2D eigenvalue weighted by molar-refractivity contribution is 5.73. The number of rotatable bonds is 16. The van der Waals surface area contributed by atoms with Crippen molar-refractivity contribution in [1.82, 2.24) is 6.15 Å². The third-order valence-electron chi connectivity index (χ3n) is 6.07. The zero-order valence-electron chi connectivity index (χ0n) is 18.2. The maximum absolute atomic E-state index is 12.6. The maximum atomic E-state index is 12.6. The quantitative estimate of drug-likeness (QED) is 0.336. The lowest BCUT2D eigenvalue weighted by Gasteiger charge is -2.53. The van der Waals surface area contributed by atoms with Gasteiger partial charge in [0.25, 0.3) is 0 Å². The van der Waals surface area contributed by atoms with E-state index in [1.807, 2.05) is 0 Å². The summed E-state index contributed by atoms with van der Waals surface area (Å²) >= 11 is 0. The minimum Gasteiger partial charge on any atom is -0.550 e. The predicted molar refractivity (Wildman–Crippen MR) is 109 cm³/mol. The zero-order valence-corrected chi connectivity index (χ0v) is 18.2. The molecule has 0 fully saturated rings. The van der Waals surface area contributed by atoms with Crippen LogP contribution in [-0.4, -0.2) is 5.97 Å². The fourth-order valence-corrected chi connectivity index (χ4v) is 4.63. The zero-order chi connectivity index (χ0) is 18.5. The third-order valence-corrected chi connectivity index (χ3v) is 6.07. The van der Waals surface area contributed by atoms with Gasteiger partial charge < -0.3 is 16.1 Å². The smallest absolute Gasteiger partial charge is 0.0481 e. The second-order valence-electron chi connectivity index (χ2n) is 7.81. The Kier molecular flexibility index (Phi) is 15.6. The molecule has 0 aliphatic heterocycles. The van der Waals surface area contributed by atoms with E-state index in [-0.39, 0.29) is 11.6 Å². The first-order valence-electron chi connectivity index (χ1n) is 10.7. The molecule has 0 aliphatic rings. The number of carboxylic acids is 1. The van der Waals surface area contributed by atoms with Crippen LogP contribution in [0.4, 0.5) is 0 Å². The van der Waals surface area contributed by atoms with Gasteiger partial charge in [-0.2, -0.15) is 0 Å². The van der Waals surface area contributed by atoms with E-state index in [2.05, 4.69) is 34.6 Å². The van der Waals surface area contributed by atoms with Crippen LogP contribution in [0, 0.1) is 10.8 Å². The molecule has 0 atom stereocenters. The minimum atomic E-state index is -0.759. The summed E-state index contributed by atoms with van der Waals surface area (Å²) in [6.07, 6.45) is 14.5. The molecular weight excluding hydrogens is 310 g/mol. The number of carboxylic acid groups (broad SMARTS) is 1. The van der Waals surface area contributed by atoms with Gasteiger partial charge in [-0.3, -0.25) is 0 Å². The molecule has 0 bridgehead atoms. The summed E-state index contributed by atoms with van der Waals surface area (Å²) in [5.74, 6) is -0.759. The Balaban J connectivity index is 0. The Morgan fingerprint density at radius 2 is 1.00 bits per heavy atom. The summed E-state index contributed by atoms with van der Waals surface area (Å²) in [6.45, 7) is 11.0. The SMILES string of the molecule is CCCCC(CCC)(CCCC)C(CCCC)(CCCC)C(=O)[O-].[NH4+]. The second kappa shape index (κ2) is 14.6. The minimum absolute atomic E-state index is 0. The molecule has 25 heavy (non-hydrogen) atoms. The van der Waals surface area contributed by atoms with Crippen LogP contribution < -0.4 is 11.3 Å². The molecule has 0 unspecified atom stereocenters. The molecule has 0 aromatic rings. The molecule has 0 spiro atoms. The number of carbonyl (C=O) groups excluding carboxylic acids is 1. The lowest BCUT2D eigenvalue weighted by Crippen LogP contribution is -2.54. The monoisotopic (exact) mass is 357 g/mol. The Hall–Kier alpha value is -0.570. The van der Waals surface area contributed by atoms with Gasteiger partial charge in [-0.05, 0) is 37.5 Å². The van der Waals surface area contributed by atoms with Crippen molar-refractivity contribution in [2.45, 2.75) is 125 Å². The molecule has 4 N–H and O–H groups in total. The third kappa shape index (κ3) is 7.29. The van der Waals surface area contributed by atoms with Gasteiger partial charge in [0.1, 0.15) is 0 Å². The van der Waals surface area contributed by atoms with Crippen molar-refractivity contribution in [2.24, 2.45) is 10.8 Å². The van der Waals surface area contributed by atoms with Crippen molar-refractivity contribution < 1.29 is 9.90 Å². The van der Waals surface area contributed by atoms with Crippen LogP contribution in [0.15, 0.2) is 0 Å². The van der Waals surface area contributed by atoms with Gasteiger partial charge in [-0.15, -0.1) is 0 Å². The van der Waals surface area contributed by atoms with Crippen LogP contribution in [0.25, 0.3) is 0 Å². The average Bonchev–Trinajstić information content (AvgIpc) is 2.57. The molecule has 0 saturated heterocycles. The molecule has 152 valence electrons. The van der Waals surface area contributed by atoms with E-state index < -0.39 is 11.4 Å². The van der Waals surface area contributed by atoms with Gasteiger partial charge >= 0.3 is 0 Å². The van der Waals surface area contributed by atoms with Crippen LogP contribution >= 0.6 is 0 Å². The summed E-state index contributed by atoms with van der Waals surface area (Å²) in [6, 6.07) is 0. The highest BCUT2D eigenvalue weighted by Gasteiger charge is 2.49. The molecule has 0 aromatic carbocycles. The van der Waals surface area contributed by atoms with E-state index in [1.165, 1.54) is 0 Å². The van der Waals surface area contributed by atoms with Gasteiger partial charge in [0.2, 0.25) is 0 Å². The van der Waals surface area contributed by atoms with Gasteiger partial charge in [0, 0.05) is 11.4 Å². The molecule has 3 heteroatoms. The van der Waals surface area contributed by atoms with E-state index in [9.17, 15) is 9.90 Å². The summed E-state index contributed by atoms with van der Waals surface area (Å²) in [5, 5.41) is 12.6. The van der Waals surface area contributed by atoms with E-state index >= 15 is 0 Å². The van der Waals surface area contributed by atoms with Crippen LogP contribution in [0.2, 0.25) is 0 Å². The van der Waals surface area contributed by atoms with Crippen LogP contribution in [0.5, 0.6) is 0 Å². The van der Waals surface area contributed by atoms with E-state index in [0.29, 0.717) is 0 Å². The lowest BCUT2D eigenvalue weighted by atomic mass is 9.53. The van der Waals surface area contributed by atoms with E-state index in [4.69, 9.17) is 0 Å². The highest BCUT2D eigenvalue weighted by Crippen LogP contribution is 2.55. The van der Waals surface area contributed by atoms with E-state index in [1.54, 1.807) is 0 Å². The molecule has 0 aliphatic carbocycles. The van der Waals surface area contributed by atoms with Crippen LogP contribution in [-0.2, 0) is 4.79 Å². The topological polar surface area (TPSA) is 76.6 Å². The number of carbonyl (C=O) groups is 1. The Morgan fingerprint density at radius 3 is 1.28 bits per heavy atom. The normalized spacial score (nSPS) is 12.0. The largest absolute Gasteiger partial charge is 0.550 e. The van der Waals surface area contributed by atoms with Crippen LogP contribution in [0.1, 0.15) is 125 Å². The van der Waals surface area contributed by atoms with Crippen molar-refractivity contribution in [3.63, 3.8) is 0 Å². The van der Waals surface area contributed by atoms with Crippen molar-refractivity contribution in [1.29, 1.82) is 0 Å². The molecular formula is C22H47NO2. The average molecular weight is 358 g/mol. The summed E-state index contributed by atoms with van der Waals surface area (Å²) in [4.78, 5) is 12.6. The first kappa shape index (κ1) is 26.7. The Labute approximate surface area is 157 Å². The number of quaternary nitrogens is 1. The number of hydrogen-bond acceptors (Lipinski definition) is 2. The molecule has 0 aromatic heterocycles. The predicted octanol–water partition coefficient (Wildman–Crippen LogP) is 6.65. The summed E-state index contributed by atoms with van der Waals surface area (Å²) in [7, 11) is 0. The fourth-order valence-electron chi connectivity index (χ4n) is 4.63. The fraction of sp³-hybridized carbons (Fsp3) is 0.955. The maximum Gasteiger partial charge on any atom is 0.0481 e. The standard InChI is InChI=1S/C22H44O2.H3N/c1-6-11-16-21(15-10-5,17-12-7-2)22(20(23)24,18-13-8-3)19-14-9-4;/h6-19H2,1-5H3,(H,23,24);1H3. The summed E-state index contributed by atoms with van der Waals surface area (Å²) < 4.78 is 0. The molecule has 0 heterocycles. The Bertz CT molecular complexity index is 312. The molecule has 0 saturated carbocycles. The number of hydrogen-bond donors (Lipinski definition) is 1. The number of unbranched alkanes of at least 4 members (excludes halogenated alkanes) is 4. The van der Waals surface area contributed by atoms with E-state index in [0.717, 1.165) is 89.9 Å². The van der Waals surface area contributed by atoms with Gasteiger partial charge in [-0.1, -0.05) is 92.4 Å². The molecule has 3 nitrogen and oxygen atoms in total. The molecule has 0 rings (SSSR count). The van der Waals surface area contributed by atoms with Gasteiger partial charge in [-0.25, -0.2) is 0 Å². The lowest BCUT2D eigenvalue weighted by molar-refractivity contribution is -0.328. The first-order valence-corrected chi connectivity index (χ1v) is 10.7. The number of aliphatic carboxylic acids is 1. The molecule has 0 radical (unpaired) electrons. The second-order valence-corrected chi connectivity index (χ2v) is 7.81. The van der Waals surface area contributed by atoms with Crippen molar-refractivity contribution in [3.05, 3.63) is 0 Å². The van der Waals surface area contributed by atoms with Crippen molar-refractivity contribution >= 4 is 5.97 Å². The summed E-state index contributed by atoms with van der Waals surface area (Å²) in [5.41, 5.74) is -0.698. The van der Waals surface area contributed by atoms with Gasteiger partial charge in [0.15, 0.2) is 0 Å². The van der Waals surface area contributed by atoms with Crippen LogP contribution in [0.3, 0.4) is 0 Å². The van der Waals surface area contributed by atoms with Gasteiger partial charge in [0.05, 0.1) is 0 Å². The van der Waals surface area contributed by atoms with Crippen molar-refractivity contribution in [2.75, 3.05) is 0 Å². The first-order chi connectivity index (χ1) is 11.5. The Morgan fingerprint density at radius 1 is 0.640 bits per heavy atom.